The van der Waals surface area contributed by atoms with Gasteiger partial charge in [0.05, 0.1) is 17.8 Å². The van der Waals surface area contributed by atoms with Crippen molar-refractivity contribution in [1.82, 2.24) is 19.8 Å². The first kappa shape index (κ1) is 20.6. The zero-order valence-electron chi connectivity index (χ0n) is 18.4. The third-order valence-corrected chi connectivity index (χ3v) is 6.41. The molecular formula is C25H30N4S. The van der Waals surface area contributed by atoms with Crippen LogP contribution in [0, 0.1) is 27.7 Å². The van der Waals surface area contributed by atoms with Crippen LogP contribution in [-0.4, -0.2) is 26.1 Å². The number of hydrogen-bond donors (Lipinski definition) is 1. The van der Waals surface area contributed by atoms with Crippen molar-refractivity contribution in [2.75, 3.05) is 6.54 Å². The van der Waals surface area contributed by atoms with Crippen LogP contribution >= 0.6 is 12.2 Å². The molecule has 1 N–H and O–H groups in total. The lowest BCUT2D eigenvalue weighted by Crippen LogP contribution is -2.30. The Morgan fingerprint density at radius 2 is 1.87 bits per heavy atom. The highest BCUT2D eigenvalue weighted by Crippen LogP contribution is 2.41. The second kappa shape index (κ2) is 8.23. The summed E-state index contributed by atoms with van der Waals surface area (Å²) in [5.41, 5.74) is 8.64. The van der Waals surface area contributed by atoms with Crippen molar-refractivity contribution < 1.29 is 0 Å². The third-order valence-electron chi connectivity index (χ3n) is 6.06. The Balaban J connectivity index is 1.86. The van der Waals surface area contributed by atoms with E-state index in [0.717, 1.165) is 23.8 Å². The van der Waals surface area contributed by atoms with Crippen LogP contribution in [0.15, 0.2) is 48.7 Å². The molecule has 0 aliphatic carbocycles. The Bertz CT molecular complexity index is 1070. The van der Waals surface area contributed by atoms with Crippen molar-refractivity contribution >= 4 is 17.3 Å². The van der Waals surface area contributed by atoms with Gasteiger partial charge in [-0.05, 0) is 87.3 Å². The van der Waals surface area contributed by atoms with E-state index in [4.69, 9.17) is 12.2 Å². The SMILES string of the molecule is CCCN1C(=S)N[C@H](c2ccccn2)[C@@H]1c1cc(C)n(-c2cc(C)ccc2C)c1C. The molecule has 156 valence electrons. The molecule has 1 fully saturated rings. The number of aryl methyl sites for hydroxylation is 3. The summed E-state index contributed by atoms with van der Waals surface area (Å²) in [4.78, 5) is 6.99. The molecule has 2 aromatic heterocycles. The Hall–Kier alpha value is -2.66. The molecule has 0 radical (unpaired) electrons. The van der Waals surface area contributed by atoms with Gasteiger partial charge in [0, 0.05) is 29.8 Å². The molecule has 2 atom stereocenters. The van der Waals surface area contributed by atoms with Crippen LogP contribution in [0.2, 0.25) is 0 Å². The maximum absolute atomic E-state index is 5.75. The lowest BCUT2D eigenvalue weighted by molar-refractivity contribution is 0.316. The van der Waals surface area contributed by atoms with Crippen molar-refractivity contribution in [2.24, 2.45) is 0 Å². The van der Waals surface area contributed by atoms with E-state index >= 15 is 0 Å². The summed E-state index contributed by atoms with van der Waals surface area (Å²) in [6, 6.07) is 15.2. The minimum Gasteiger partial charge on any atom is -0.352 e. The largest absolute Gasteiger partial charge is 0.352 e. The molecule has 0 unspecified atom stereocenters. The molecule has 5 heteroatoms. The zero-order valence-corrected chi connectivity index (χ0v) is 19.3. The minimum absolute atomic E-state index is 0.0396. The van der Waals surface area contributed by atoms with Gasteiger partial charge < -0.3 is 14.8 Å². The van der Waals surface area contributed by atoms with Crippen LogP contribution in [0.25, 0.3) is 5.69 Å². The molecule has 0 spiro atoms. The van der Waals surface area contributed by atoms with E-state index in [-0.39, 0.29) is 12.1 Å². The maximum atomic E-state index is 5.75. The number of nitrogens with zero attached hydrogens (tertiary/aromatic N) is 3. The second-order valence-electron chi connectivity index (χ2n) is 8.27. The Kier molecular flexibility index (Phi) is 5.65. The van der Waals surface area contributed by atoms with Gasteiger partial charge in [-0.15, -0.1) is 0 Å². The minimum atomic E-state index is 0.0396. The van der Waals surface area contributed by atoms with E-state index in [1.54, 1.807) is 0 Å². The molecule has 4 nitrogen and oxygen atoms in total. The highest BCUT2D eigenvalue weighted by Gasteiger charge is 2.40. The van der Waals surface area contributed by atoms with Gasteiger partial charge in [0.1, 0.15) is 0 Å². The summed E-state index contributed by atoms with van der Waals surface area (Å²) in [6.45, 7) is 11.9. The van der Waals surface area contributed by atoms with Gasteiger partial charge in [0.25, 0.3) is 0 Å². The van der Waals surface area contributed by atoms with Crippen molar-refractivity contribution in [2.45, 2.75) is 53.1 Å². The Morgan fingerprint density at radius 1 is 1.07 bits per heavy atom. The van der Waals surface area contributed by atoms with E-state index in [9.17, 15) is 0 Å². The van der Waals surface area contributed by atoms with E-state index in [1.165, 1.54) is 33.8 Å². The molecule has 1 saturated heterocycles. The number of rotatable bonds is 5. The lowest BCUT2D eigenvalue weighted by Gasteiger charge is -2.28. The molecule has 30 heavy (non-hydrogen) atoms. The van der Waals surface area contributed by atoms with E-state index in [0.29, 0.717) is 0 Å². The van der Waals surface area contributed by atoms with Gasteiger partial charge in [-0.25, -0.2) is 0 Å². The number of pyridine rings is 1. The molecule has 3 heterocycles. The van der Waals surface area contributed by atoms with Gasteiger partial charge in [-0.3, -0.25) is 4.98 Å². The zero-order chi connectivity index (χ0) is 21.4. The van der Waals surface area contributed by atoms with Crippen LogP contribution in [0.1, 0.15) is 59.2 Å². The van der Waals surface area contributed by atoms with E-state index in [2.05, 4.69) is 84.7 Å². The van der Waals surface area contributed by atoms with Gasteiger partial charge >= 0.3 is 0 Å². The molecule has 4 rings (SSSR count). The van der Waals surface area contributed by atoms with Gasteiger partial charge in [0.2, 0.25) is 0 Å². The average molecular weight is 419 g/mol. The first-order chi connectivity index (χ1) is 14.4. The molecule has 1 aliphatic rings. The molecular weight excluding hydrogens is 388 g/mol. The predicted octanol–water partition coefficient (Wildman–Crippen LogP) is 5.49. The first-order valence-corrected chi connectivity index (χ1v) is 11.1. The number of hydrogen-bond acceptors (Lipinski definition) is 2. The summed E-state index contributed by atoms with van der Waals surface area (Å²) >= 11 is 5.75. The summed E-state index contributed by atoms with van der Waals surface area (Å²) in [5, 5.41) is 4.37. The van der Waals surface area contributed by atoms with E-state index in [1.807, 2.05) is 18.3 Å². The van der Waals surface area contributed by atoms with Gasteiger partial charge in [0.15, 0.2) is 5.11 Å². The van der Waals surface area contributed by atoms with Crippen molar-refractivity contribution in [3.05, 3.63) is 82.4 Å². The van der Waals surface area contributed by atoms with Crippen LogP contribution in [0.3, 0.4) is 0 Å². The smallest absolute Gasteiger partial charge is 0.170 e. The number of aromatic nitrogens is 2. The highest BCUT2D eigenvalue weighted by atomic mass is 32.1. The third kappa shape index (κ3) is 3.52. The normalized spacial score (nSPS) is 18.7. The second-order valence-corrected chi connectivity index (χ2v) is 8.66. The fourth-order valence-corrected chi connectivity index (χ4v) is 4.98. The summed E-state index contributed by atoms with van der Waals surface area (Å²) in [5.74, 6) is 0. The molecule has 0 amide bonds. The fraction of sp³-hybridized carbons (Fsp3) is 0.360. The maximum Gasteiger partial charge on any atom is 0.170 e. The van der Waals surface area contributed by atoms with Crippen molar-refractivity contribution in [3.8, 4) is 5.69 Å². The van der Waals surface area contributed by atoms with Crippen LogP contribution < -0.4 is 5.32 Å². The molecule has 1 aliphatic heterocycles. The number of nitrogens with one attached hydrogen (secondary N) is 1. The van der Waals surface area contributed by atoms with Gasteiger partial charge in [-0.1, -0.05) is 25.1 Å². The monoisotopic (exact) mass is 418 g/mol. The lowest BCUT2D eigenvalue weighted by atomic mass is 9.96. The fourth-order valence-electron chi connectivity index (χ4n) is 4.64. The summed E-state index contributed by atoms with van der Waals surface area (Å²) in [6.07, 6.45) is 2.90. The first-order valence-electron chi connectivity index (χ1n) is 10.7. The van der Waals surface area contributed by atoms with Crippen LogP contribution in [-0.2, 0) is 0 Å². The molecule has 3 aromatic rings. The standard InChI is InChI=1S/C25H30N4S/c1-6-13-28-24(23(27-25(28)30)21-9-7-8-12-26-21)20-15-18(4)29(19(20)5)22-14-16(2)10-11-17(22)3/h7-12,14-15,23-24H,6,13H2,1-5H3,(H,27,30)/t23-,24+/m1/s1. The predicted molar refractivity (Wildman–Crippen MR) is 127 cm³/mol. The van der Waals surface area contributed by atoms with Crippen LogP contribution in [0.4, 0.5) is 0 Å². The summed E-state index contributed by atoms with van der Waals surface area (Å²) < 4.78 is 2.39. The molecule has 0 bridgehead atoms. The quantitative estimate of drug-likeness (QED) is 0.556. The van der Waals surface area contributed by atoms with Gasteiger partial charge in [-0.2, -0.15) is 0 Å². The Morgan fingerprint density at radius 3 is 2.57 bits per heavy atom. The number of benzene rings is 1. The molecule has 1 aromatic carbocycles. The van der Waals surface area contributed by atoms with Crippen molar-refractivity contribution in [3.63, 3.8) is 0 Å². The molecule has 0 saturated carbocycles. The average Bonchev–Trinajstić information content (AvgIpc) is 3.21. The Labute approximate surface area is 184 Å². The number of thiocarbonyl (C=S) groups is 1. The topological polar surface area (TPSA) is 33.1 Å². The highest BCUT2D eigenvalue weighted by molar-refractivity contribution is 7.80. The summed E-state index contributed by atoms with van der Waals surface area (Å²) in [7, 11) is 0. The van der Waals surface area contributed by atoms with Crippen molar-refractivity contribution in [1.29, 1.82) is 0 Å². The van der Waals surface area contributed by atoms with E-state index < -0.39 is 0 Å². The van der Waals surface area contributed by atoms with Crippen LogP contribution in [0.5, 0.6) is 0 Å².